The van der Waals surface area contributed by atoms with Crippen LogP contribution in [-0.4, -0.2) is 28.3 Å². The molecule has 0 bridgehead atoms. The number of nitrogens with one attached hydrogen (secondary N) is 1. The molecule has 3 N–H and O–H groups in total. The number of rotatable bonds is 8. The molecule has 1 aromatic rings. The lowest BCUT2D eigenvalue weighted by Crippen LogP contribution is -2.32. The van der Waals surface area contributed by atoms with Gasteiger partial charge in [-0.2, -0.15) is 4.98 Å². The van der Waals surface area contributed by atoms with E-state index in [1.807, 2.05) is 20.8 Å². The van der Waals surface area contributed by atoms with E-state index in [4.69, 9.17) is 5.73 Å². The highest BCUT2D eigenvalue weighted by Gasteiger charge is 2.17. The third kappa shape index (κ3) is 6.07. The van der Waals surface area contributed by atoms with Gasteiger partial charge in [0.25, 0.3) is 0 Å². The normalized spacial score (nSPS) is 11.2. The van der Waals surface area contributed by atoms with Crippen LogP contribution in [0.5, 0.6) is 0 Å². The number of nitrogens with zero attached hydrogens (tertiary/aromatic N) is 2. The van der Waals surface area contributed by atoms with Gasteiger partial charge in [-0.05, 0) is 11.8 Å². The average molecular weight is 308 g/mol. The van der Waals surface area contributed by atoms with Gasteiger partial charge < -0.3 is 15.8 Å². The Morgan fingerprint density at radius 2 is 2.14 bits per heavy atom. The number of primary amides is 1. The van der Waals surface area contributed by atoms with Crippen LogP contribution in [0.2, 0.25) is 0 Å². The summed E-state index contributed by atoms with van der Waals surface area (Å²) >= 11 is 0. The summed E-state index contributed by atoms with van der Waals surface area (Å²) in [5, 5.41) is 3.14. The molecule has 0 spiro atoms. The van der Waals surface area contributed by atoms with E-state index in [-0.39, 0.29) is 11.8 Å². The van der Waals surface area contributed by atoms with E-state index in [1.165, 1.54) is 0 Å². The van der Waals surface area contributed by atoms with E-state index in [1.54, 1.807) is 10.6 Å². The largest absolute Gasteiger partial charge is 0.371 e. The number of carbonyl (C=O) groups excluding carboxylic acids is 2. The summed E-state index contributed by atoms with van der Waals surface area (Å²) in [6.45, 7) is 7.11. The second-order valence-corrected chi connectivity index (χ2v) is 6.44. The fraction of sp³-hybridized carbons (Fsp3) is 0.600. The Balaban J connectivity index is 3.08. The molecule has 0 saturated carbocycles. The van der Waals surface area contributed by atoms with Crippen LogP contribution in [0.3, 0.4) is 0 Å². The van der Waals surface area contributed by atoms with Crippen LogP contribution in [0.4, 0.5) is 5.82 Å². The van der Waals surface area contributed by atoms with Crippen molar-refractivity contribution in [2.24, 2.45) is 11.1 Å². The summed E-state index contributed by atoms with van der Waals surface area (Å²) in [6, 6.07) is 1.67. The van der Waals surface area contributed by atoms with Crippen molar-refractivity contribution in [1.29, 1.82) is 0 Å². The fourth-order valence-corrected chi connectivity index (χ4v) is 2.00. The van der Waals surface area contributed by atoms with Crippen LogP contribution < -0.4 is 16.7 Å². The van der Waals surface area contributed by atoms with E-state index >= 15 is 0 Å². The highest BCUT2D eigenvalue weighted by Crippen LogP contribution is 2.18. The smallest absolute Gasteiger partial charge is 0.349 e. The molecule has 0 aromatic carbocycles. The van der Waals surface area contributed by atoms with Crippen LogP contribution in [0, 0.1) is 5.41 Å². The molecule has 0 fully saturated rings. The first-order valence-electron chi connectivity index (χ1n) is 7.29. The van der Waals surface area contributed by atoms with Crippen molar-refractivity contribution in [2.75, 3.05) is 11.9 Å². The van der Waals surface area contributed by atoms with Gasteiger partial charge in [0.1, 0.15) is 12.1 Å². The highest BCUT2D eigenvalue weighted by molar-refractivity contribution is 5.76. The maximum Gasteiger partial charge on any atom is 0.349 e. The fourth-order valence-electron chi connectivity index (χ4n) is 2.00. The van der Waals surface area contributed by atoms with Gasteiger partial charge in [0.05, 0.1) is 12.1 Å². The monoisotopic (exact) mass is 308 g/mol. The highest BCUT2D eigenvalue weighted by atomic mass is 16.1. The molecule has 0 saturated heterocycles. The predicted molar refractivity (Wildman–Crippen MR) is 84.6 cm³/mol. The van der Waals surface area contributed by atoms with E-state index in [0.717, 1.165) is 6.29 Å². The van der Waals surface area contributed by atoms with Crippen molar-refractivity contribution in [2.45, 2.75) is 46.6 Å². The lowest BCUT2D eigenvalue weighted by atomic mass is 9.97. The quantitative estimate of drug-likeness (QED) is 0.543. The Kier molecular flexibility index (Phi) is 6.27. The molecule has 0 aliphatic carbocycles. The molecular formula is C15H24N4O3. The molecule has 0 aliphatic rings. The van der Waals surface area contributed by atoms with Crippen molar-refractivity contribution >= 4 is 18.0 Å². The number of amides is 1. The maximum atomic E-state index is 12.2. The van der Waals surface area contributed by atoms with Crippen LogP contribution >= 0.6 is 0 Å². The Bertz CT molecular complexity index is 587. The molecule has 1 amide bonds. The Morgan fingerprint density at radius 1 is 1.45 bits per heavy atom. The summed E-state index contributed by atoms with van der Waals surface area (Å²) in [6.07, 6.45) is 1.90. The number of nitrogens with two attached hydrogens (primary N) is 1. The number of aldehydes is 1. The van der Waals surface area contributed by atoms with E-state index in [0.29, 0.717) is 37.4 Å². The number of hydrogen-bond donors (Lipinski definition) is 2. The van der Waals surface area contributed by atoms with E-state index < -0.39 is 11.6 Å². The van der Waals surface area contributed by atoms with Crippen LogP contribution in [0.15, 0.2) is 10.9 Å². The number of unbranched alkanes of at least 4 members (excludes halogenated alkanes) is 1. The van der Waals surface area contributed by atoms with Gasteiger partial charge in [0, 0.05) is 25.6 Å². The first kappa shape index (κ1) is 17.9. The molecule has 7 nitrogen and oxygen atoms in total. The molecule has 1 aromatic heterocycles. The molecule has 22 heavy (non-hydrogen) atoms. The maximum absolute atomic E-state index is 12.2. The Hall–Kier alpha value is -2.18. The third-order valence-electron chi connectivity index (χ3n) is 2.86. The lowest BCUT2D eigenvalue weighted by Gasteiger charge is -2.23. The molecular weight excluding hydrogens is 284 g/mol. The van der Waals surface area contributed by atoms with Gasteiger partial charge in [0.15, 0.2) is 0 Å². The minimum absolute atomic E-state index is 0.0748. The minimum atomic E-state index is -0.535. The van der Waals surface area contributed by atoms with Crippen LogP contribution in [-0.2, 0) is 22.6 Å². The predicted octanol–water partition coefficient (Wildman–Crippen LogP) is 0.708. The standard InChI is InChI=1S/C15H24N4O3/c1-15(2,3)10-19-13(17-6-4-5-7-20)9-11(8-12(16)21)18-14(19)22/h7,9,17H,4-6,8,10H2,1-3H3,(H2,16,21). The van der Waals surface area contributed by atoms with Crippen molar-refractivity contribution in [3.05, 3.63) is 22.2 Å². The van der Waals surface area contributed by atoms with Gasteiger partial charge in [0.2, 0.25) is 5.91 Å². The van der Waals surface area contributed by atoms with Gasteiger partial charge in [-0.1, -0.05) is 20.8 Å². The van der Waals surface area contributed by atoms with Gasteiger partial charge >= 0.3 is 5.69 Å². The number of anilines is 1. The Labute approximate surface area is 129 Å². The summed E-state index contributed by atoms with van der Waals surface area (Å²) in [7, 11) is 0. The third-order valence-corrected chi connectivity index (χ3v) is 2.86. The van der Waals surface area contributed by atoms with Crippen LogP contribution in [0.1, 0.15) is 39.3 Å². The zero-order chi connectivity index (χ0) is 16.8. The topological polar surface area (TPSA) is 107 Å². The second kappa shape index (κ2) is 7.72. The van der Waals surface area contributed by atoms with Gasteiger partial charge in [-0.3, -0.25) is 9.36 Å². The molecule has 0 unspecified atom stereocenters. The number of carbonyl (C=O) groups is 2. The van der Waals surface area contributed by atoms with Gasteiger partial charge in [-0.15, -0.1) is 0 Å². The second-order valence-electron chi connectivity index (χ2n) is 6.44. The van der Waals surface area contributed by atoms with Gasteiger partial charge in [-0.25, -0.2) is 4.79 Å². The zero-order valence-electron chi connectivity index (χ0n) is 13.4. The zero-order valence-corrected chi connectivity index (χ0v) is 13.4. The molecule has 0 atom stereocenters. The Morgan fingerprint density at radius 3 is 2.68 bits per heavy atom. The van der Waals surface area contributed by atoms with Crippen molar-refractivity contribution in [3.63, 3.8) is 0 Å². The van der Waals surface area contributed by atoms with Crippen molar-refractivity contribution < 1.29 is 9.59 Å². The first-order valence-corrected chi connectivity index (χ1v) is 7.29. The summed E-state index contributed by atoms with van der Waals surface area (Å²) in [4.78, 5) is 37.5. The molecule has 0 aliphatic heterocycles. The summed E-state index contributed by atoms with van der Waals surface area (Å²) in [5.74, 6) is 0.0597. The van der Waals surface area contributed by atoms with Crippen molar-refractivity contribution in [1.82, 2.24) is 9.55 Å². The first-order chi connectivity index (χ1) is 10.2. The molecule has 1 heterocycles. The SMILES string of the molecule is CC(C)(C)Cn1c(NCCCC=O)cc(CC(N)=O)nc1=O. The lowest BCUT2D eigenvalue weighted by molar-refractivity contribution is -0.117. The van der Waals surface area contributed by atoms with Crippen molar-refractivity contribution in [3.8, 4) is 0 Å². The molecule has 7 heteroatoms. The van der Waals surface area contributed by atoms with Crippen LogP contribution in [0.25, 0.3) is 0 Å². The number of hydrogen-bond acceptors (Lipinski definition) is 5. The van der Waals surface area contributed by atoms with E-state index in [2.05, 4.69) is 10.3 Å². The average Bonchev–Trinajstić information content (AvgIpc) is 2.36. The molecule has 1 rings (SSSR count). The number of aromatic nitrogens is 2. The molecule has 0 radical (unpaired) electrons. The minimum Gasteiger partial charge on any atom is -0.371 e. The summed E-state index contributed by atoms with van der Waals surface area (Å²) in [5.41, 5.74) is 4.99. The molecule has 122 valence electrons. The summed E-state index contributed by atoms with van der Waals surface area (Å²) < 4.78 is 1.55. The van der Waals surface area contributed by atoms with E-state index in [9.17, 15) is 14.4 Å².